The van der Waals surface area contributed by atoms with Gasteiger partial charge in [0.25, 0.3) is 0 Å². The molecule has 2 saturated heterocycles. The third-order valence-electron chi connectivity index (χ3n) is 5.45. The second-order valence-electron chi connectivity index (χ2n) is 6.82. The smallest absolute Gasteiger partial charge is 0.246 e. The van der Waals surface area contributed by atoms with Gasteiger partial charge in [0.1, 0.15) is 12.1 Å². The lowest BCUT2D eigenvalue weighted by Crippen LogP contribution is -2.63. The lowest BCUT2D eigenvalue weighted by Gasteiger charge is -2.43. The molecular weight excluding hydrogens is 268 g/mol. The molecule has 2 aliphatic heterocycles. The molecule has 0 aromatic carbocycles. The average Bonchev–Trinajstić information content (AvgIpc) is 3.06. The maximum atomic E-state index is 12.8. The van der Waals surface area contributed by atoms with Gasteiger partial charge in [-0.3, -0.25) is 9.59 Å². The molecule has 3 aliphatic rings. The second-order valence-corrected chi connectivity index (χ2v) is 6.82. The van der Waals surface area contributed by atoms with Crippen LogP contribution in [-0.4, -0.2) is 60.5 Å². The van der Waals surface area contributed by atoms with Crippen LogP contribution in [0.15, 0.2) is 0 Å². The van der Waals surface area contributed by atoms with Crippen molar-refractivity contribution in [3.63, 3.8) is 0 Å². The van der Waals surface area contributed by atoms with Gasteiger partial charge in [-0.05, 0) is 43.9 Å². The van der Waals surface area contributed by atoms with Crippen molar-refractivity contribution in [1.82, 2.24) is 9.80 Å². The van der Waals surface area contributed by atoms with Gasteiger partial charge >= 0.3 is 0 Å². The molecule has 5 heteroatoms. The fraction of sp³-hybridized carbons (Fsp3) is 0.875. The van der Waals surface area contributed by atoms with E-state index >= 15 is 0 Å². The van der Waals surface area contributed by atoms with Crippen LogP contribution >= 0.6 is 0 Å². The molecule has 0 bridgehead atoms. The highest BCUT2D eigenvalue weighted by molar-refractivity contribution is 5.97. The summed E-state index contributed by atoms with van der Waals surface area (Å²) >= 11 is 0. The van der Waals surface area contributed by atoms with E-state index in [-0.39, 0.29) is 29.3 Å². The summed E-state index contributed by atoms with van der Waals surface area (Å²) in [5.74, 6) is 0.352. The van der Waals surface area contributed by atoms with Gasteiger partial charge in [0.15, 0.2) is 0 Å². The second kappa shape index (κ2) is 5.59. The molecule has 0 aromatic heterocycles. The van der Waals surface area contributed by atoms with Crippen molar-refractivity contribution in [3.05, 3.63) is 0 Å². The molecule has 1 aliphatic carbocycles. The van der Waals surface area contributed by atoms with Crippen molar-refractivity contribution in [1.29, 1.82) is 0 Å². The Balaban J connectivity index is 1.75. The van der Waals surface area contributed by atoms with Crippen LogP contribution in [0.2, 0.25) is 0 Å². The van der Waals surface area contributed by atoms with E-state index in [0.717, 1.165) is 51.8 Å². The number of rotatable bonds is 6. The number of nitrogens with zero attached hydrogens (tertiary/aromatic N) is 2. The Morgan fingerprint density at radius 1 is 1.29 bits per heavy atom. The molecule has 2 amide bonds. The summed E-state index contributed by atoms with van der Waals surface area (Å²) in [6.45, 7) is 4.24. The third-order valence-corrected chi connectivity index (χ3v) is 5.45. The first-order valence-electron chi connectivity index (χ1n) is 8.22. The van der Waals surface area contributed by atoms with Gasteiger partial charge in [0.2, 0.25) is 11.8 Å². The number of carbonyl (C=O) groups is 2. The molecule has 0 spiro atoms. The van der Waals surface area contributed by atoms with Crippen LogP contribution in [0.3, 0.4) is 0 Å². The quantitative estimate of drug-likeness (QED) is 0.744. The maximum Gasteiger partial charge on any atom is 0.246 e. The van der Waals surface area contributed by atoms with Gasteiger partial charge in [-0.15, -0.1) is 0 Å². The van der Waals surface area contributed by atoms with Gasteiger partial charge in [0, 0.05) is 26.8 Å². The normalized spacial score (nSPS) is 30.8. The van der Waals surface area contributed by atoms with E-state index in [0.29, 0.717) is 6.42 Å². The maximum absolute atomic E-state index is 12.8. The molecule has 2 heterocycles. The van der Waals surface area contributed by atoms with Crippen LogP contribution in [0.5, 0.6) is 0 Å². The predicted octanol–water partition coefficient (Wildman–Crippen LogP) is 1.41. The van der Waals surface area contributed by atoms with E-state index in [1.54, 1.807) is 7.11 Å². The molecule has 2 unspecified atom stereocenters. The van der Waals surface area contributed by atoms with E-state index in [2.05, 4.69) is 0 Å². The van der Waals surface area contributed by atoms with Crippen LogP contribution in [0.4, 0.5) is 0 Å². The molecule has 3 rings (SSSR count). The highest BCUT2D eigenvalue weighted by Crippen LogP contribution is 2.50. The van der Waals surface area contributed by atoms with E-state index < -0.39 is 0 Å². The summed E-state index contributed by atoms with van der Waals surface area (Å²) in [4.78, 5) is 29.1. The fourth-order valence-electron chi connectivity index (χ4n) is 3.88. The Morgan fingerprint density at radius 3 is 2.67 bits per heavy atom. The Kier molecular flexibility index (Phi) is 3.95. The van der Waals surface area contributed by atoms with Crippen LogP contribution in [0.1, 0.15) is 45.4 Å². The monoisotopic (exact) mass is 294 g/mol. The summed E-state index contributed by atoms with van der Waals surface area (Å²) in [6.07, 6.45) is 5.81. The standard InChI is InChI=1S/C16H26N2O3/c1-3-12-14(19)17-9-4-5-13(17)15(20)18(12)11-16(6-7-16)8-10-21-2/h12-13H,3-11H2,1-2H3. The molecule has 3 fully saturated rings. The van der Waals surface area contributed by atoms with Gasteiger partial charge in [0.05, 0.1) is 0 Å². The number of amides is 2. The van der Waals surface area contributed by atoms with Crippen molar-refractivity contribution >= 4 is 11.8 Å². The molecule has 2 atom stereocenters. The highest BCUT2D eigenvalue weighted by atomic mass is 16.5. The lowest BCUT2D eigenvalue weighted by atomic mass is 9.97. The first kappa shape index (κ1) is 14.8. The molecule has 1 saturated carbocycles. The van der Waals surface area contributed by atoms with Gasteiger partial charge in [-0.1, -0.05) is 6.92 Å². The summed E-state index contributed by atoms with van der Waals surface area (Å²) in [7, 11) is 1.72. The zero-order valence-electron chi connectivity index (χ0n) is 13.1. The molecule has 21 heavy (non-hydrogen) atoms. The SMILES string of the molecule is CCC1C(=O)N2CCCC2C(=O)N1CC1(CCOC)CC1. The summed E-state index contributed by atoms with van der Waals surface area (Å²) in [5.41, 5.74) is 0.208. The molecule has 5 nitrogen and oxygen atoms in total. The van der Waals surface area contributed by atoms with E-state index in [4.69, 9.17) is 4.74 Å². The minimum Gasteiger partial charge on any atom is -0.385 e. The van der Waals surface area contributed by atoms with Crippen LogP contribution in [0, 0.1) is 5.41 Å². The van der Waals surface area contributed by atoms with Gasteiger partial charge < -0.3 is 14.5 Å². The average molecular weight is 294 g/mol. The van der Waals surface area contributed by atoms with Gasteiger partial charge in [-0.2, -0.15) is 0 Å². The van der Waals surface area contributed by atoms with Crippen LogP contribution in [-0.2, 0) is 14.3 Å². The van der Waals surface area contributed by atoms with Crippen molar-refractivity contribution in [2.24, 2.45) is 5.41 Å². The fourth-order valence-corrected chi connectivity index (χ4v) is 3.88. The van der Waals surface area contributed by atoms with Crippen molar-refractivity contribution in [2.45, 2.75) is 57.5 Å². The number of methoxy groups -OCH3 is 1. The number of hydrogen-bond acceptors (Lipinski definition) is 3. The number of hydrogen-bond donors (Lipinski definition) is 0. The Labute approximate surface area is 126 Å². The lowest BCUT2D eigenvalue weighted by molar-refractivity contribution is -0.160. The van der Waals surface area contributed by atoms with E-state index in [1.165, 1.54) is 0 Å². The Bertz CT molecular complexity index is 433. The predicted molar refractivity (Wildman–Crippen MR) is 78.7 cm³/mol. The summed E-state index contributed by atoms with van der Waals surface area (Å²) < 4.78 is 5.20. The molecule has 118 valence electrons. The first-order chi connectivity index (χ1) is 10.1. The highest BCUT2D eigenvalue weighted by Gasteiger charge is 2.51. The largest absolute Gasteiger partial charge is 0.385 e. The topological polar surface area (TPSA) is 49.9 Å². The van der Waals surface area contributed by atoms with Crippen molar-refractivity contribution in [2.75, 3.05) is 26.8 Å². The van der Waals surface area contributed by atoms with Gasteiger partial charge in [-0.25, -0.2) is 0 Å². The summed E-state index contributed by atoms with van der Waals surface area (Å²) in [5, 5.41) is 0. The number of carbonyl (C=O) groups excluding carboxylic acids is 2. The molecule has 0 N–H and O–H groups in total. The molecular formula is C16H26N2O3. The first-order valence-corrected chi connectivity index (χ1v) is 8.22. The number of fused-ring (bicyclic) bond motifs is 1. The molecule has 0 aromatic rings. The minimum atomic E-state index is -0.244. The zero-order chi connectivity index (χ0) is 15.0. The Hall–Kier alpha value is -1.10. The van der Waals surface area contributed by atoms with Crippen LogP contribution in [0.25, 0.3) is 0 Å². The Morgan fingerprint density at radius 2 is 2.05 bits per heavy atom. The molecule has 0 radical (unpaired) electrons. The third kappa shape index (κ3) is 2.56. The minimum absolute atomic E-state index is 0.169. The zero-order valence-corrected chi connectivity index (χ0v) is 13.1. The number of ether oxygens (including phenoxy) is 1. The van der Waals surface area contributed by atoms with Crippen molar-refractivity contribution in [3.8, 4) is 0 Å². The van der Waals surface area contributed by atoms with E-state index in [9.17, 15) is 9.59 Å². The number of piperazine rings is 1. The van der Waals surface area contributed by atoms with Crippen LogP contribution < -0.4 is 0 Å². The van der Waals surface area contributed by atoms with Crippen molar-refractivity contribution < 1.29 is 14.3 Å². The summed E-state index contributed by atoms with van der Waals surface area (Å²) in [6, 6.07) is -0.426. The van der Waals surface area contributed by atoms with E-state index in [1.807, 2.05) is 16.7 Å².